The van der Waals surface area contributed by atoms with Gasteiger partial charge >= 0.3 is 0 Å². The van der Waals surface area contributed by atoms with Crippen molar-refractivity contribution in [3.05, 3.63) is 17.1 Å². The van der Waals surface area contributed by atoms with E-state index in [1.54, 1.807) is 25.6 Å². The van der Waals surface area contributed by atoms with Gasteiger partial charge in [0.15, 0.2) is 6.29 Å². The lowest BCUT2D eigenvalue weighted by atomic mass is 10.3. The van der Waals surface area contributed by atoms with Gasteiger partial charge in [-0.05, 0) is 18.7 Å². The Balaban J connectivity index is 2.37. The summed E-state index contributed by atoms with van der Waals surface area (Å²) >= 11 is 1.24. The van der Waals surface area contributed by atoms with Crippen molar-refractivity contribution in [3.63, 3.8) is 0 Å². The summed E-state index contributed by atoms with van der Waals surface area (Å²) in [5.41, 5.74) is 1.25. The van der Waals surface area contributed by atoms with Gasteiger partial charge < -0.3 is 4.42 Å². The van der Waals surface area contributed by atoms with Crippen LogP contribution in [0.4, 0.5) is 0 Å². The van der Waals surface area contributed by atoms with Gasteiger partial charge in [-0.15, -0.1) is 10.2 Å². The number of aldehydes is 1. The zero-order chi connectivity index (χ0) is 11.7. The van der Waals surface area contributed by atoms with Crippen molar-refractivity contribution in [2.45, 2.75) is 24.1 Å². The first-order valence-corrected chi connectivity index (χ1v) is 5.40. The molecular weight excluding hydrogens is 228 g/mol. The quantitative estimate of drug-likeness (QED) is 0.752. The lowest BCUT2D eigenvalue weighted by molar-refractivity contribution is 0.112. The van der Waals surface area contributed by atoms with Gasteiger partial charge in [0, 0.05) is 14.0 Å². The highest BCUT2D eigenvalue weighted by atomic mass is 32.2. The summed E-state index contributed by atoms with van der Waals surface area (Å²) < 4.78 is 6.86. The van der Waals surface area contributed by atoms with Crippen molar-refractivity contribution < 1.29 is 9.21 Å². The van der Waals surface area contributed by atoms with Gasteiger partial charge in [0.2, 0.25) is 5.89 Å². The van der Waals surface area contributed by atoms with Gasteiger partial charge in [-0.25, -0.2) is 0 Å². The van der Waals surface area contributed by atoms with Crippen LogP contribution in [0.5, 0.6) is 0 Å². The number of hydrogen-bond acceptors (Lipinski definition) is 6. The Hall–Kier alpha value is -1.63. The third-order valence-corrected chi connectivity index (χ3v) is 3.04. The average Bonchev–Trinajstić information content (AvgIpc) is 2.73. The number of hydrogen-bond donors (Lipinski definition) is 0. The van der Waals surface area contributed by atoms with Crippen molar-refractivity contribution >= 4 is 18.0 Å². The van der Waals surface area contributed by atoms with Crippen molar-refractivity contribution in [1.82, 2.24) is 20.0 Å². The van der Waals surface area contributed by atoms with Crippen molar-refractivity contribution in [3.8, 4) is 0 Å². The highest BCUT2D eigenvalue weighted by Gasteiger charge is 2.16. The van der Waals surface area contributed by atoms with Crippen LogP contribution in [0.25, 0.3) is 0 Å². The third-order valence-electron chi connectivity index (χ3n) is 2.02. The molecule has 0 saturated heterocycles. The third kappa shape index (κ3) is 1.85. The fourth-order valence-corrected chi connectivity index (χ4v) is 2.20. The van der Waals surface area contributed by atoms with Gasteiger partial charge in [-0.1, -0.05) is 0 Å². The predicted octanol–water partition coefficient (Wildman–Crippen LogP) is 1.38. The second kappa shape index (κ2) is 4.09. The molecule has 0 aliphatic carbocycles. The fraction of sp³-hybridized carbons (Fsp3) is 0.333. The van der Waals surface area contributed by atoms with Crippen LogP contribution in [0.15, 0.2) is 14.7 Å². The minimum absolute atomic E-state index is 0.406. The Morgan fingerprint density at radius 1 is 1.38 bits per heavy atom. The summed E-state index contributed by atoms with van der Waals surface area (Å²) in [6, 6.07) is 0. The topological polar surface area (TPSA) is 73.8 Å². The summed E-state index contributed by atoms with van der Waals surface area (Å²) in [6.45, 7) is 3.50. The highest BCUT2D eigenvalue weighted by Crippen LogP contribution is 2.29. The minimum atomic E-state index is 0.406. The van der Waals surface area contributed by atoms with Crippen molar-refractivity contribution in [2.24, 2.45) is 7.05 Å². The first-order chi connectivity index (χ1) is 7.61. The molecule has 0 spiro atoms. The van der Waals surface area contributed by atoms with Gasteiger partial charge in [-0.2, -0.15) is 5.10 Å². The molecule has 2 heterocycles. The molecule has 0 bridgehead atoms. The Kier molecular flexibility index (Phi) is 2.78. The maximum Gasteiger partial charge on any atom is 0.282 e. The van der Waals surface area contributed by atoms with Crippen molar-refractivity contribution in [1.29, 1.82) is 0 Å². The zero-order valence-corrected chi connectivity index (χ0v) is 9.91. The molecule has 16 heavy (non-hydrogen) atoms. The van der Waals surface area contributed by atoms with E-state index in [1.807, 2.05) is 0 Å². The molecule has 2 aromatic heterocycles. The van der Waals surface area contributed by atoms with E-state index in [2.05, 4.69) is 15.3 Å². The SMILES string of the molecule is Cc1nnc(Sc2c(C=O)c(C)nn2C)o1. The maximum absolute atomic E-state index is 10.9. The summed E-state index contributed by atoms with van der Waals surface area (Å²) in [4.78, 5) is 10.9. The molecule has 0 aromatic carbocycles. The molecule has 0 radical (unpaired) electrons. The highest BCUT2D eigenvalue weighted by molar-refractivity contribution is 7.99. The zero-order valence-electron chi connectivity index (χ0n) is 9.09. The van der Waals surface area contributed by atoms with Crippen molar-refractivity contribution in [2.75, 3.05) is 0 Å². The Morgan fingerprint density at radius 2 is 2.12 bits per heavy atom. The van der Waals surface area contributed by atoms with E-state index < -0.39 is 0 Å². The largest absolute Gasteiger partial charge is 0.416 e. The van der Waals surface area contributed by atoms with E-state index in [0.29, 0.717) is 27.4 Å². The normalized spacial score (nSPS) is 10.7. The van der Waals surface area contributed by atoms with E-state index in [9.17, 15) is 4.79 Å². The smallest absolute Gasteiger partial charge is 0.282 e. The number of aromatic nitrogens is 4. The Bertz CT molecular complexity index is 532. The summed E-state index contributed by atoms with van der Waals surface area (Å²) in [6.07, 6.45) is 0.786. The summed E-state index contributed by atoms with van der Waals surface area (Å²) in [5.74, 6) is 0.494. The monoisotopic (exact) mass is 238 g/mol. The number of nitrogens with zero attached hydrogens (tertiary/aromatic N) is 4. The standard InChI is InChI=1S/C9H10N4O2S/c1-5-7(4-14)8(13(3)12-5)16-9-11-10-6(2)15-9/h4H,1-3H3. The Labute approximate surface area is 96.0 Å². The number of aryl methyl sites for hydroxylation is 3. The van der Waals surface area contributed by atoms with Crippen LogP contribution in [0.1, 0.15) is 21.9 Å². The molecule has 0 fully saturated rings. The molecule has 2 rings (SSSR count). The van der Waals surface area contributed by atoms with Crippen LogP contribution in [-0.2, 0) is 7.05 Å². The van der Waals surface area contributed by atoms with Crippen LogP contribution in [0.2, 0.25) is 0 Å². The van der Waals surface area contributed by atoms with Crippen LogP contribution < -0.4 is 0 Å². The van der Waals surface area contributed by atoms with Gasteiger partial charge in [0.25, 0.3) is 5.22 Å². The molecule has 2 aromatic rings. The second-order valence-electron chi connectivity index (χ2n) is 3.23. The molecular formula is C9H10N4O2S. The minimum Gasteiger partial charge on any atom is -0.416 e. The average molecular weight is 238 g/mol. The summed E-state index contributed by atoms with van der Waals surface area (Å²) in [5, 5.41) is 12.8. The molecule has 0 saturated carbocycles. The van der Waals surface area contributed by atoms with E-state index in [1.165, 1.54) is 11.8 Å². The van der Waals surface area contributed by atoms with E-state index in [0.717, 1.165) is 6.29 Å². The van der Waals surface area contributed by atoms with Crippen LogP contribution in [0, 0.1) is 13.8 Å². The predicted molar refractivity (Wildman–Crippen MR) is 56.5 cm³/mol. The first kappa shape index (κ1) is 10.9. The number of carbonyl (C=O) groups is 1. The second-order valence-corrected chi connectivity index (χ2v) is 4.17. The van der Waals surface area contributed by atoms with Crippen LogP contribution in [-0.4, -0.2) is 26.3 Å². The maximum atomic E-state index is 10.9. The molecule has 0 N–H and O–H groups in total. The molecule has 0 amide bonds. The molecule has 7 heteroatoms. The van der Waals surface area contributed by atoms with Gasteiger partial charge in [-0.3, -0.25) is 9.48 Å². The molecule has 0 unspecified atom stereocenters. The molecule has 0 atom stereocenters. The Morgan fingerprint density at radius 3 is 2.69 bits per heavy atom. The van der Waals surface area contributed by atoms with E-state index in [4.69, 9.17) is 4.42 Å². The molecule has 0 aliphatic rings. The lowest BCUT2D eigenvalue weighted by Gasteiger charge is -1.97. The van der Waals surface area contributed by atoms with E-state index in [-0.39, 0.29) is 0 Å². The van der Waals surface area contributed by atoms with Gasteiger partial charge in [0.05, 0.1) is 11.3 Å². The summed E-state index contributed by atoms with van der Waals surface area (Å²) in [7, 11) is 1.77. The number of carbonyl (C=O) groups excluding carboxylic acids is 1. The lowest BCUT2D eigenvalue weighted by Crippen LogP contribution is -1.93. The molecule has 0 aliphatic heterocycles. The fourth-order valence-electron chi connectivity index (χ4n) is 1.31. The van der Waals surface area contributed by atoms with Crippen LogP contribution in [0.3, 0.4) is 0 Å². The van der Waals surface area contributed by atoms with Gasteiger partial charge in [0.1, 0.15) is 5.03 Å². The number of rotatable bonds is 3. The van der Waals surface area contributed by atoms with Crippen LogP contribution >= 0.6 is 11.8 Å². The molecule has 84 valence electrons. The molecule has 6 nitrogen and oxygen atoms in total. The first-order valence-electron chi connectivity index (χ1n) is 4.58. The van der Waals surface area contributed by atoms with E-state index >= 15 is 0 Å².